The molecule has 0 spiro atoms. The maximum atomic E-state index is 13.3. The lowest BCUT2D eigenvalue weighted by atomic mass is 10.0. The Morgan fingerprint density at radius 3 is 2.23 bits per heavy atom. The highest BCUT2D eigenvalue weighted by Gasteiger charge is 2.45. The van der Waals surface area contributed by atoms with E-state index in [1.54, 1.807) is 0 Å². The van der Waals surface area contributed by atoms with E-state index >= 15 is 0 Å². The summed E-state index contributed by atoms with van der Waals surface area (Å²) < 4.78 is 67.4. The topological polar surface area (TPSA) is 60.9 Å². The van der Waals surface area contributed by atoms with E-state index in [1.165, 1.54) is 10.4 Å². The Hall–Kier alpha value is -1.65. The van der Waals surface area contributed by atoms with Crippen LogP contribution >= 0.6 is 0 Å². The molecule has 3 aliphatic rings. The molecule has 4 rings (SSSR count). The van der Waals surface area contributed by atoms with Gasteiger partial charge in [-0.25, -0.2) is 8.42 Å². The second kappa shape index (κ2) is 8.37. The van der Waals surface area contributed by atoms with Gasteiger partial charge in [-0.1, -0.05) is 6.07 Å². The van der Waals surface area contributed by atoms with Crippen molar-refractivity contribution in [3.05, 3.63) is 29.8 Å². The van der Waals surface area contributed by atoms with E-state index < -0.39 is 21.8 Å². The molecule has 0 N–H and O–H groups in total. The third-order valence-electron chi connectivity index (χ3n) is 6.59. The third-order valence-corrected chi connectivity index (χ3v) is 8.59. The van der Waals surface area contributed by atoms with Crippen molar-refractivity contribution in [3.8, 4) is 0 Å². The normalized spacial score (nSPS) is 24.2. The number of likely N-dealkylation sites (N-methyl/N-ethyl adjacent to an activating group) is 1. The number of nitrogens with zero attached hydrogens (tertiary/aromatic N) is 3. The van der Waals surface area contributed by atoms with Gasteiger partial charge in [-0.2, -0.15) is 17.5 Å². The summed E-state index contributed by atoms with van der Waals surface area (Å²) in [5.74, 6) is 0.0946. The molecular formula is C21H28F3N3O3S. The number of amides is 1. The molecule has 0 aromatic heterocycles. The van der Waals surface area contributed by atoms with Gasteiger partial charge < -0.3 is 4.90 Å². The Kier molecular flexibility index (Phi) is 6.08. The minimum absolute atomic E-state index is 0.0946. The molecule has 2 saturated heterocycles. The van der Waals surface area contributed by atoms with Crippen molar-refractivity contribution in [2.24, 2.45) is 0 Å². The summed E-state index contributed by atoms with van der Waals surface area (Å²) >= 11 is 0. The highest BCUT2D eigenvalue weighted by atomic mass is 32.2. The summed E-state index contributed by atoms with van der Waals surface area (Å²) in [6.45, 7) is 1.84. The lowest BCUT2D eigenvalue weighted by Crippen LogP contribution is -2.52. The molecule has 1 aromatic carbocycles. The summed E-state index contributed by atoms with van der Waals surface area (Å²) in [4.78, 5) is 16.4. The summed E-state index contributed by atoms with van der Waals surface area (Å²) in [7, 11) is -2.12. The number of benzene rings is 1. The predicted molar refractivity (Wildman–Crippen MR) is 109 cm³/mol. The van der Waals surface area contributed by atoms with Crippen molar-refractivity contribution < 1.29 is 26.4 Å². The highest BCUT2D eigenvalue weighted by Crippen LogP contribution is 2.38. The number of piperidine rings is 1. The molecule has 31 heavy (non-hydrogen) atoms. The minimum Gasteiger partial charge on any atom is -0.341 e. The van der Waals surface area contributed by atoms with Crippen LogP contribution in [0.1, 0.15) is 44.1 Å². The molecule has 0 radical (unpaired) electrons. The number of hydrogen-bond acceptors (Lipinski definition) is 4. The van der Waals surface area contributed by atoms with E-state index in [-0.39, 0.29) is 28.9 Å². The third kappa shape index (κ3) is 4.61. The van der Waals surface area contributed by atoms with Gasteiger partial charge >= 0.3 is 6.18 Å². The van der Waals surface area contributed by atoms with Crippen LogP contribution in [0.2, 0.25) is 0 Å². The summed E-state index contributed by atoms with van der Waals surface area (Å²) in [6.07, 6.45) is -0.349. The number of sulfonamides is 1. The zero-order chi connectivity index (χ0) is 22.4. The molecule has 172 valence electrons. The Balaban J connectivity index is 1.49. The number of likely N-dealkylation sites (tertiary alicyclic amines) is 2. The van der Waals surface area contributed by atoms with Gasteiger partial charge in [0.1, 0.15) is 0 Å². The maximum Gasteiger partial charge on any atom is 0.416 e. The lowest BCUT2D eigenvalue weighted by Gasteiger charge is -2.39. The van der Waals surface area contributed by atoms with Crippen LogP contribution in [0, 0.1) is 0 Å². The maximum absolute atomic E-state index is 13.3. The Labute approximate surface area is 181 Å². The average Bonchev–Trinajstić information content (AvgIpc) is 3.46. The minimum atomic E-state index is -4.60. The largest absolute Gasteiger partial charge is 0.416 e. The number of halogens is 3. The molecule has 1 amide bonds. The molecule has 6 nitrogen and oxygen atoms in total. The first kappa shape index (κ1) is 22.5. The molecule has 1 atom stereocenters. The fourth-order valence-corrected chi connectivity index (χ4v) is 6.72. The zero-order valence-corrected chi connectivity index (χ0v) is 18.3. The van der Waals surface area contributed by atoms with Crippen LogP contribution in [0.3, 0.4) is 0 Å². The zero-order valence-electron chi connectivity index (χ0n) is 17.5. The Morgan fingerprint density at radius 2 is 1.68 bits per heavy atom. The van der Waals surface area contributed by atoms with Crippen LogP contribution in [0.25, 0.3) is 0 Å². The van der Waals surface area contributed by atoms with Crippen molar-refractivity contribution in [2.75, 3.05) is 26.7 Å². The second-order valence-electron chi connectivity index (χ2n) is 8.79. The molecule has 1 saturated carbocycles. The lowest BCUT2D eigenvalue weighted by molar-refractivity contribution is -0.138. The highest BCUT2D eigenvalue weighted by molar-refractivity contribution is 7.89. The fraction of sp³-hybridized carbons (Fsp3) is 0.667. The molecule has 0 bridgehead atoms. The van der Waals surface area contributed by atoms with Gasteiger partial charge in [-0.15, -0.1) is 0 Å². The monoisotopic (exact) mass is 459 g/mol. The molecule has 1 aliphatic carbocycles. The van der Waals surface area contributed by atoms with Crippen molar-refractivity contribution in [2.45, 2.75) is 67.7 Å². The first-order valence-electron chi connectivity index (χ1n) is 10.8. The number of carbonyl (C=O) groups is 1. The molecule has 10 heteroatoms. The van der Waals surface area contributed by atoms with E-state index in [2.05, 4.69) is 4.90 Å². The molecule has 2 aliphatic heterocycles. The van der Waals surface area contributed by atoms with Gasteiger partial charge in [0.15, 0.2) is 0 Å². The molecule has 3 fully saturated rings. The Bertz CT molecular complexity index is 925. The molecule has 2 heterocycles. The van der Waals surface area contributed by atoms with E-state index in [4.69, 9.17) is 0 Å². The predicted octanol–water partition coefficient (Wildman–Crippen LogP) is 2.94. The van der Waals surface area contributed by atoms with Crippen LogP contribution in [0.4, 0.5) is 13.2 Å². The van der Waals surface area contributed by atoms with Crippen LogP contribution in [0.15, 0.2) is 29.2 Å². The summed E-state index contributed by atoms with van der Waals surface area (Å²) in [5, 5.41) is 0. The fourth-order valence-electron chi connectivity index (χ4n) is 4.75. The SMILES string of the molecule is CN1CCCC1C(=O)N1CCC(N(C2CC2)S(=O)(=O)c2cccc(C(F)(F)F)c2)CC1. The molecular weight excluding hydrogens is 431 g/mol. The van der Waals surface area contributed by atoms with Crippen LogP contribution in [-0.2, 0) is 21.0 Å². The number of alkyl halides is 3. The van der Waals surface area contributed by atoms with Gasteiger partial charge in [0.25, 0.3) is 0 Å². The first-order chi connectivity index (χ1) is 14.6. The van der Waals surface area contributed by atoms with Crippen LogP contribution in [-0.4, -0.2) is 73.2 Å². The average molecular weight is 460 g/mol. The van der Waals surface area contributed by atoms with Crippen molar-refractivity contribution in [3.63, 3.8) is 0 Å². The van der Waals surface area contributed by atoms with Crippen LogP contribution < -0.4 is 0 Å². The van der Waals surface area contributed by atoms with Gasteiger partial charge in [0.2, 0.25) is 15.9 Å². The van der Waals surface area contributed by atoms with E-state index in [0.29, 0.717) is 38.8 Å². The van der Waals surface area contributed by atoms with Crippen molar-refractivity contribution >= 4 is 15.9 Å². The number of carbonyl (C=O) groups excluding carboxylic acids is 1. The van der Waals surface area contributed by atoms with E-state index in [9.17, 15) is 26.4 Å². The molecule has 1 unspecified atom stereocenters. The standard InChI is InChI=1S/C21H28F3N3O3S/c1-25-11-3-6-19(25)20(28)26-12-9-17(10-13-26)27(16-7-8-16)31(29,30)18-5-2-4-15(14-18)21(22,23)24/h2,4-5,14,16-17,19H,3,6-13H2,1H3. The molecule has 1 aromatic rings. The summed E-state index contributed by atoms with van der Waals surface area (Å²) in [6, 6.07) is 3.38. The van der Waals surface area contributed by atoms with Crippen molar-refractivity contribution in [1.82, 2.24) is 14.1 Å². The first-order valence-corrected chi connectivity index (χ1v) is 12.2. The van der Waals surface area contributed by atoms with E-state index in [0.717, 1.165) is 37.6 Å². The van der Waals surface area contributed by atoms with Gasteiger partial charge in [0.05, 0.1) is 16.5 Å². The van der Waals surface area contributed by atoms with Gasteiger partial charge in [-0.3, -0.25) is 9.69 Å². The summed E-state index contributed by atoms with van der Waals surface area (Å²) in [5.41, 5.74) is -0.967. The number of rotatable bonds is 5. The smallest absolute Gasteiger partial charge is 0.341 e. The van der Waals surface area contributed by atoms with Crippen molar-refractivity contribution in [1.29, 1.82) is 0 Å². The van der Waals surface area contributed by atoms with Crippen LogP contribution in [0.5, 0.6) is 0 Å². The van der Waals surface area contributed by atoms with E-state index in [1.807, 2.05) is 11.9 Å². The van der Waals surface area contributed by atoms with Gasteiger partial charge in [-0.05, 0) is 70.3 Å². The van der Waals surface area contributed by atoms with Gasteiger partial charge in [0, 0.05) is 25.2 Å². The second-order valence-corrected chi connectivity index (χ2v) is 10.6. The Morgan fingerprint density at radius 1 is 1.03 bits per heavy atom. The quantitative estimate of drug-likeness (QED) is 0.680. The number of hydrogen-bond donors (Lipinski definition) is 0.